The molecule has 2 aromatic rings. The summed E-state index contributed by atoms with van der Waals surface area (Å²) in [6, 6.07) is 10.4. The summed E-state index contributed by atoms with van der Waals surface area (Å²) in [6.07, 6.45) is 1.43. The first-order chi connectivity index (χ1) is 13.3. The molecule has 0 aliphatic rings. The number of nitrogens with zero attached hydrogens (tertiary/aromatic N) is 1. The number of ether oxygens (including phenoxy) is 1. The summed E-state index contributed by atoms with van der Waals surface area (Å²) in [4.78, 5) is 17.0. The third-order valence-corrected chi connectivity index (χ3v) is 5.72. The van der Waals surface area contributed by atoms with E-state index in [1.807, 2.05) is 12.1 Å². The normalized spacial score (nSPS) is 11.3. The number of phenolic OH excluding ortho intramolecular Hbond substituents is 2. The van der Waals surface area contributed by atoms with Crippen LogP contribution in [0, 0.1) is 7.14 Å². The quantitative estimate of drug-likeness (QED) is 0.201. The van der Waals surface area contributed by atoms with Gasteiger partial charge >= 0.3 is 5.97 Å². The number of aromatic hydroxyl groups is 2. The third kappa shape index (κ3) is 6.96. The number of esters is 1. The summed E-state index contributed by atoms with van der Waals surface area (Å²) in [5.74, 6) is -0.0530. The maximum Gasteiger partial charge on any atom is 0.353 e. The molecular weight excluding hydrogens is 604 g/mol. The number of aliphatic imine (C=N–C) groups is 1. The lowest BCUT2D eigenvalue weighted by Gasteiger charge is -2.08. The lowest BCUT2D eigenvalue weighted by molar-refractivity contribution is -0.135. The van der Waals surface area contributed by atoms with Crippen molar-refractivity contribution in [1.82, 2.24) is 0 Å². The Kier molecular flexibility index (Phi) is 9.09. The zero-order chi connectivity index (χ0) is 20.7. The number of halogens is 2. The molecule has 0 aliphatic carbocycles. The predicted molar refractivity (Wildman–Crippen MR) is 130 cm³/mol. The fourth-order valence-electron chi connectivity index (χ4n) is 2.40. The van der Waals surface area contributed by atoms with Crippen LogP contribution < -0.4 is 0 Å². The van der Waals surface area contributed by atoms with Gasteiger partial charge in [0.1, 0.15) is 22.2 Å². The Balaban J connectivity index is 2.12. The second kappa shape index (κ2) is 11.1. The van der Waals surface area contributed by atoms with Crippen LogP contribution in [0.4, 0.5) is 0 Å². The van der Waals surface area contributed by atoms with Gasteiger partial charge in [-0.15, -0.1) is 0 Å². The summed E-state index contributed by atoms with van der Waals surface area (Å²) in [7, 11) is 0. The molecule has 0 aliphatic heterocycles. The molecule has 2 N–H and O–H groups in total. The summed E-state index contributed by atoms with van der Waals surface area (Å²) < 4.78 is 6.67. The Hall–Kier alpha value is -1.27. The van der Waals surface area contributed by atoms with Gasteiger partial charge in [-0.1, -0.05) is 24.4 Å². The third-order valence-electron chi connectivity index (χ3n) is 3.78. The van der Waals surface area contributed by atoms with Crippen molar-refractivity contribution in [1.29, 1.82) is 0 Å². The number of hydrogen-bond donors (Lipinski definition) is 2. The minimum Gasteiger partial charge on any atom is -0.508 e. The monoisotopic (exact) mass is 623 g/mol. The molecule has 0 aromatic heterocycles. The van der Waals surface area contributed by atoms with Crippen molar-refractivity contribution >= 4 is 74.1 Å². The number of carbonyl (C=O) groups excluding carboxylic acids is 1. The van der Waals surface area contributed by atoms with Crippen LogP contribution >= 0.6 is 57.4 Å². The van der Waals surface area contributed by atoms with Crippen LogP contribution in [0.5, 0.6) is 11.5 Å². The number of thiocarbonyl (C=S) groups is 1. The maximum absolute atomic E-state index is 12.3. The SMILES string of the molecule is CCOC(=O)/C(Cc1ccc(O)cc1)=N/C(=S)CCc1cc(I)c(O)c(I)c1. The van der Waals surface area contributed by atoms with Gasteiger partial charge in [-0.05, 0) is 93.9 Å². The Morgan fingerprint density at radius 3 is 2.29 bits per heavy atom. The van der Waals surface area contributed by atoms with Crippen molar-refractivity contribution in [2.24, 2.45) is 4.99 Å². The molecule has 0 spiro atoms. The van der Waals surface area contributed by atoms with Crippen LogP contribution in [0.3, 0.4) is 0 Å². The number of hydrogen-bond acceptors (Lipinski definition) is 5. The molecule has 28 heavy (non-hydrogen) atoms. The van der Waals surface area contributed by atoms with E-state index < -0.39 is 5.97 Å². The van der Waals surface area contributed by atoms with E-state index in [1.54, 1.807) is 31.2 Å². The van der Waals surface area contributed by atoms with Crippen molar-refractivity contribution < 1.29 is 19.7 Å². The van der Waals surface area contributed by atoms with Gasteiger partial charge in [-0.25, -0.2) is 9.79 Å². The Labute approximate surface area is 196 Å². The molecule has 8 heteroatoms. The van der Waals surface area contributed by atoms with E-state index in [1.165, 1.54) is 0 Å². The van der Waals surface area contributed by atoms with Crippen LogP contribution in [0.15, 0.2) is 41.4 Å². The Morgan fingerprint density at radius 1 is 1.11 bits per heavy atom. The lowest BCUT2D eigenvalue weighted by Crippen LogP contribution is -2.21. The van der Waals surface area contributed by atoms with Gasteiger partial charge < -0.3 is 14.9 Å². The molecule has 0 atom stereocenters. The van der Waals surface area contributed by atoms with Gasteiger partial charge in [-0.3, -0.25) is 0 Å². The number of rotatable bonds is 7. The topological polar surface area (TPSA) is 79.1 Å². The number of benzene rings is 2. The average molecular weight is 623 g/mol. The molecule has 0 bridgehead atoms. The molecule has 0 radical (unpaired) electrons. The van der Waals surface area contributed by atoms with E-state index in [4.69, 9.17) is 17.0 Å². The average Bonchev–Trinajstić information content (AvgIpc) is 2.65. The highest BCUT2D eigenvalue weighted by atomic mass is 127. The highest BCUT2D eigenvalue weighted by Gasteiger charge is 2.15. The van der Waals surface area contributed by atoms with Crippen molar-refractivity contribution in [3.05, 3.63) is 54.7 Å². The highest BCUT2D eigenvalue weighted by Crippen LogP contribution is 2.27. The van der Waals surface area contributed by atoms with E-state index in [-0.39, 0.29) is 30.2 Å². The fraction of sp³-hybridized carbons (Fsp3) is 0.250. The van der Waals surface area contributed by atoms with Crippen molar-refractivity contribution in [3.63, 3.8) is 0 Å². The summed E-state index contributed by atoms with van der Waals surface area (Å²) in [5.41, 5.74) is 2.11. The molecule has 0 unspecified atom stereocenters. The van der Waals surface area contributed by atoms with Crippen LogP contribution in [0.25, 0.3) is 0 Å². The van der Waals surface area contributed by atoms with E-state index in [0.29, 0.717) is 17.8 Å². The molecule has 2 aromatic carbocycles. The second-order valence-electron chi connectivity index (χ2n) is 5.92. The standard InChI is InChI=1S/C20H19I2NO4S/c1-2-27-20(26)17(11-12-3-6-14(24)7-4-12)23-18(28)8-5-13-9-15(21)19(25)16(22)10-13/h3-4,6-7,9-10,24-25H,2,5,8,11H2,1H3/b23-17+. The largest absolute Gasteiger partial charge is 0.508 e. The molecule has 0 amide bonds. The number of carbonyl (C=O) groups is 1. The molecular formula is C20H19I2NO4S. The van der Waals surface area contributed by atoms with Gasteiger partial charge in [0, 0.05) is 12.8 Å². The first-order valence-corrected chi connectivity index (χ1v) is 11.1. The minimum absolute atomic E-state index is 0.159. The Morgan fingerprint density at radius 2 is 1.71 bits per heavy atom. The molecule has 148 valence electrons. The van der Waals surface area contributed by atoms with E-state index >= 15 is 0 Å². The molecule has 0 saturated heterocycles. The van der Waals surface area contributed by atoms with Gasteiger partial charge in [0.25, 0.3) is 0 Å². The van der Waals surface area contributed by atoms with Gasteiger partial charge in [-0.2, -0.15) is 0 Å². The number of phenols is 2. The van der Waals surface area contributed by atoms with Crippen LogP contribution in [-0.2, 0) is 22.4 Å². The smallest absolute Gasteiger partial charge is 0.353 e. The van der Waals surface area contributed by atoms with E-state index in [2.05, 4.69) is 50.2 Å². The maximum atomic E-state index is 12.3. The number of aryl methyl sites for hydroxylation is 1. The zero-order valence-corrected chi connectivity index (χ0v) is 20.2. The van der Waals surface area contributed by atoms with Crippen LogP contribution in [0.2, 0.25) is 0 Å². The Bertz CT molecular complexity index is 875. The summed E-state index contributed by atoms with van der Waals surface area (Å²) in [6.45, 7) is 1.99. The minimum atomic E-state index is -0.494. The predicted octanol–water partition coefficient (Wildman–Crippen LogP) is 4.81. The summed E-state index contributed by atoms with van der Waals surface area (Å²) in [5, 5.41) is 19.3. The summed E-state index contributed by atoms with van der Waals surface area (Å²) >= 11 is 9.55. The van der Waals surface area contributed by atoms with E-state index in [0.717, 1.165) is 18.3 Å². The van der Waals surface area contributed by atoms with Gasteiger partial charge in [0.15, 0.2) is 0 Å². The molecule has 0 fully saturated rings. The first-order valence-electron chi connectivity index (χ1n) is 8.52. The zero-order valence-electron chi connectivity index (χ0n) is 15.1. The lowest BCUT2D eigenvalue weighted by atomic mass is 10.1. The highest BCUT2D eigenvalue weighted by molar-refractivity contribution is 14.1. The van der Waals surface area contributed by atoms with Crippen molar-refractivity contribution in [2.75, 3.05) is 6.61 Å². The molecule has 0 heterocycles. The van der Waals surface area contributed by atoms with Crippen molar-refractivity contribution in [2.45, 2.75) is 26.2 Å². The fourth-order valence-corrected chi connectivity index (χ4v) is 4.51. The molecule has 5 nitrogen and oxygen atoms in total. The van der Waals surface area contributed by atoms with Gasteiger partial charge in [0.05, 0.1) is 13.7 Å². The second-order valence-corrected chi connectivity index (χ2v) is 8.72. The molecule has 2 rings (SSSR count). The van der Waals surface area contributed by atoms with Crippen LogP contribution in [0.1, 0.15) is 24.5 Å². The van der Waals surface area contributed by atoms with Crippen LogP contribution in [-0.4, -0.2) is 33.5 Å². The van der Waals surface area contributed by atoms with Crippen molar-refractivity contribution in [3.8, 4) is 11.5 Å². The first kappa shape index (κ1) is 23.0. The van der Waals surface area contributed by atoms with E-state index in [9.17, 15) is 15.0 Å². The van der Waals surface area contributed by atoms with Gasteiger partial charge in [0.2, 0.25) is 0 Å². The molecule has 0 saturated carbocycles.